The van der Waals surface area contributed by atoms with Gasteiger partial charge in [0.05, 0.1) is 28.3 Å². The average molecular weight is 755 g/mol. The molecule has 0 saturated heterocycles. The molecule has 0 bridgehead atoms. The van der Waals surface area contributed by atoms with Crippen LogP contribution in [0.15, 0.2) is 213 Å². The topological polar surface area (TPSA) is 35.1 Å². The second-order valence-corrected chi connectivity index (χ2v) is 15.0. The van der Waals surface area contributed by atoms with E-state index in [1.165, 1.54) is 5.39 Å². The van der Waals surface area contributed by atoms with Crippen molar-refractivity contribution < 1.29 is 0 Å². The normalized spacial score (nSPS) is 13.7. The molecule has 278 valence electrons. The zero-order valence-corrected chi connectivity index (χ0v) is 32.3. The molecule has 0 saturated carbocycles. The summed E-state index contributed by atoms with van der Waals surface area (Å²) in [7, 11) is 0. The van der Waals surface area contributed by atoms with Crippen LogP contribution in [0, 0.1) is 0 Å². The van der Waals surface area contributed by atoms with Crippen molar-refractivity contribution in [3.05, 3.63) is 218 Å². The van der Waals surface area contributed by atoms with Crippen molar-refractivity contribution in [1.82, 2.24) is 18.9 Å². The van der Waals surface area contributed by atoms with Crippen molar-refractivity contribution in [1.29, 1.82) is 0 Å². The summed E-state index contributed by atoms with van der Waals surface area (Å²) in [5.74, 6) is 0.917. The zero-order chi connectivity index (χ0) is 39.3. The van der Waals surface area contributed by atoms with Crippen LogP contribution in [-0.4, -0.2) is 18.9 Å². The molecule has 4 heteroatoms. The van der Waals surface area contributed by atoms with Crippen LogP contribution in [0.3, 0.4) is 0 Å². The van der Waals surface area contributed by atoms with Gasteiger partial charge in [0, 0.05) is 45.1 Å². The number of hydrogen-bond donors (Lipinski definition) is 0. The Hall–Kier alpha value is -7.82. The summed E-state index contributed by atoms with van der Waals surface area (Å²) in [6.45, 7) is 5.28. The van der Waals surface area contributed by atoms with E-state index in [0.717, 1.165) is 101 Å². The van der Waals surface area contributed by atoms with E-state index in [1.807, 2.05) is 0 Å². The van der Waals surface area contributed by atoms with E-state index in [4.69, 9.17) is 9.97 Å². The lowest BCUT2D eigenvalue weighted by atomic mass is 9.93. The molecule has 0 N–H and O–H groups in total. The first-order valence-electron chi connectivity index (χ1n) is 20.1. The average Bonchev–Trinajstić information content (AvgIpc) is 3.90. The Kier molecular flexibility index (Phi) is 8.34. The minimum Gasteiger partial charge on any atom is -0.320 e. The van der Waals surface area contributed by atoms with Crippen LogP contribution in [0.1, 0.15) is 5.56 Å². The molecular weight excluding hydrogens is 717 g/mol. The van der Waals surface area contributed by atoms with Gasteiger partial charge in [-0.25, -0.2) is 9.97 Å². The van der Waals surface area contributed by atoms with Gasteiger partial charge in [-0.15, -0.1) is 0 Å². The Labute approximate surface area is 343 Å². The van der Waals surface area contributed by atoms with E-state index in [2.05, 4.69) is 222 Å². The molecule has 3 aromatic heterocycles. The molecule has 10 aromatic rings. The highest BCUT2D eigenvalue weighted by molar-refractivity contribution is 6.14. The van der Waals surface area contributed by atoms with E-state index in [0.29, 0.717) is 6.54 Å². The number of fused-ring (bicyclic) bond motifs is 9. The van der Waals surface area contributed by atoms with Crippen molar-refractivity contribution in [3.8, 4) is 67.5 Å². The Morgan fingerprint density at radius 1 is 0.441 bits per heavy atom. The summed E-state index contributed by atoms with van der Waals surface area (Å²) in [5.41, 5.74) is 15.9. The van der Waals surface area contributed by atoms with Gasteiger partial charge in [0.15, 0.2) is 0 Å². The SMILES string of the molecule is C=C1/C=C\C=C/Cn2c(nc(-c3ccccc3)c2-c2ccccc2)-c2ccc(-c3ccc4c(c3)c3ccccc3n3c(-c5ccccc5)c(-c5ccccc5)nc43)cc21. The van der Waals surface area contributed by atoms with Gasteiger partial charge in [-0.2, -0.15) is 0 Å². The fourth-order valence-electron chi connectivity index (χ4n) is 8.75. The third-order valence-electron chi connectivity index (χ3n) is 11.5. The first-order valence-corrected chi connectivity index (χ1v) is 20.1. The van der Waals surface area contributed by atoms with E-state index in [9.17, 15) is 0 Å². The summed E-state index contributed by atoms with van der Waals surface area (Å²) in [4.78, 5) is 10.9. The molecule has 4 nitrogen and oxygen atoms in total. The predicted octanol–water partition coefficient (Wildman–Crippen LogP) is 14.0. The van der Waals surface area contributed by atoms with Crippen molar-refractivity contribution >= 4 is 32.9 Å². The van der Waals surface area contributed by atoms with Gasteiger partial charge >= 0.3 is 0 Å². The lowest BCUT2D eigenvalue weighted by Crippen LogP contribution is -2.03. The van der Waals surface area contributed by atoms with E-state index in [1.54, 1.807) is 0 Å². The second kappa shape index (κ2) is 14.3. The van der Waals surface area contributed by atoms with Crippen LogP contribution in [0.25, 0.3) is 100 Å². The highest BCUT2D eigenvalue weighted by atomic mass is 15.1. The Balaban J connectivity index is 1.12. The van der Waals surface area contributed by atoms with Crippen LogP contribution in [-0.2, 0) is 6.54 Å². The largest absolute Gasteiger partial charge is 0.320 e. The Morgan fingerprint density at radius 3 is 1.71 bits per heavy atom. The number of rotatable bonds is 5. The van der Waals surface area contributed by atoms with Crippen LogP contribution in [0.2, 0.25) is 0 Å². The first-order chi connectivity index (χ1) is 29.2. The fraction of sp³-hybridized carbons (Fsp3) is 0.0182. The van der Waals surface area contributed by atoms with E-state index in [-0.39, 0.29) is 0 Å². The van der Waals surface area contributed by atoms with Gasteiger partial charge in [0.2, 0.25) is 0 Å². The van der Waals surface area contributed by atoms with Gasteiger partial charge in [-0.05, 0) is 51.9 Å². The Bertz CT molecular complexity index is 3280. The summed E-state index contributed by atoms with van der Waals surface area (Å²) in [6.07, 6.45) is 8.49. The minimum atomic E-state index is 0.676. The molecule has 4 heterocycles. The summed E-state index contributed by atoms with van der Waals surface area (Å²) in [6, 6.07) is 64.6. The van der Waals surface area contributed by atoms with Crippen molar-refractivity contribution in [2.24, 2.45) is 0 Å². The van der Waals surface area contributed by atoms with Crippen LogP contribution >= 0.6 is 0 Å². The lowest BCUT2D eigenvalue weighted by molar-refractivity contribution is 0.838. The van der Waals surface area contributed by atoms with Crippen LogP contribution in [0.4, 0.5) is 0 Å². The lowest BCUT2D eigenvalue weighted by Gasteiger charge is -2.17. The molecular formula is C55H38N4. The molecule has 0 radical (unpaired) electrons. The van der Waals surface area contributed by atoms with Gasteiger partial charge in [0.1, 0.15) is 11.5 Å². The number of pyridine rings is 1. The number of benzene rings is 7. The van der Waals surface area contributed by atoms with E-state index < -0.39 is 0 Å². The van der Waals surface area contributed by atoms with Crippen LogP contribution < -0.4 is 0 Å². The first kappa shape index (κ1) is 34.4. The third kappa shape index (κ3) is 5.84. The second-order valence-electron chi connectivity index (χ2n) is 15.0. The number of hydrogen-bond acceptors (Lipinski definition) is 2. The summed E-state index contributed by atoms with van der Waals surface area (Å²) < 4.78 is 4.71. The molecule has 0 unspecified atom stereocenters. The molecule has 11 rings (SSSR count). The van der Waals surface area contributed by atoms with Crippen LogP contribution in [0.5, 0.6) is 0 Å². The smallest absolute Gasteiger partial charge is 0.146 e. The van der Waals surface area contributed by atoms with Gasteiger partial charge in [-0.1, -0.05) is 189 Å². The number of para-hydroxylation sites is 1. The minimum absolute atomic E-state index is 0.676. The van der Waals surface area contributed by atoms with Gasteiger partial charge < -0.3 is 4.57 Å². The standard InChI is InChI=1S/C55H38N4/c1-37-19-7-6-18-34-58-52(40-24-12-4-13-25-40)50(38-20-8-2-9-21-38)56-54(58)45-32-30-42(35-47(37)45)43-31-33-46-48(36-43)44-28-16-17-29-49(44)59-53(41-26-14-5-15-27-41)51(57-55(46)59)39-22-10-3-11-23-39/h2-33,35-36H,1,34H2/b18-6-,19-7-. The van der Waals surface area contributed by atoms with Gasteiger partial charge in [0.25, 0.3) is 0 Å². The summed E-state index contributed by atoms with van der Waals surface area (Å²) >= 11 is 0. The quantitative estimate of drug-likeness (QED) is 0.164. The molecule has 0 fully saturated rings. The molecule has 0 spiro atoms. The van der Waals surface area contributed by atoms with Gasteiger partial charge in [-0.3, -0.25) is 4.40 Å². The number of allylic oxidation sites excluding steroid dienone is 5. The monoisotopic (exact) mass is 754 g/mol. The van der Waals surface area contributed by atoms with Crippen molar-refractivity contribution in [2.75, 3.05) is 0 Å². The molecule has 7 aromatic carbocycles. The van der Waals surface area contributed by atoms with Crippen molar-refractivity contribution in [3.63, 3.8) is 0 Å². The fourth-order valence-corrected chi connectivity index (χ4v) is 8.75. The molecule has 1 aliphatic heterocycles. The maximum Gasteiger partial charge on any atom is 0.146 e. The zero-order valence-electron chi connectivity index (χ0n) is 32.3. The molecule has 0 aliphatic carbocycles. The van der Waals surface area contributed by atoms with E-state index >= 15 is 0 Å². The highest BCUT2D eigenvalue weighted by Gasteiger charge is 2.24. The number of nitrogens with zero attached hydrogens (tertiary/aromatic N) is 4. The highest BCUT2D eigenvalue weighted by Crippen LogP contribution is 2.43. The maximum atomic E-state index is 5.46. The molecule has 0 amide bonds. The van der Waals surface area contributed by atoms with Crippen molar-refractivity contribution in [2.45, 2.75) is 6.54 Å². The molecule has 1 aliphatic rings. The molecule has 59 heavy (non-hydrogen) atoms. The number of aromatic nitrogens is 4. The Morgan fingerprint density at radius 2 is 1.02 bits per heavy atom. The predicted molar refractivity (Wildman–Crippen MR) is 246 cm³/mol. The molecule has 0 atom stereocenters. The third-order valence-corrected chi connectivity index (χ3v) is 11.5. The summed E-state index contributed by atoms with van der Waals surface area (Å²) in [5, 5.41) is 3.44. The maximum absolute atomic E-state index is 5.46. The number of imidazole rings is 2.